The molecule has 1 amide bonds. The highest BCUT2D eigenvalue weighted by atomic mass is 79.9. The van der Waals surface area contributed by atoms with Crippen LogP contribution in [0.15, 0.2) is 16.6 Å². The van der Waals surface area contributed by atoms with Gasteiger partial charge in [0.15, 0.2) is 0 Å². The monoisotopic (exact) mass is 239 g/mol. The van der Waals surface area contributed by atoms with Crippen molar-refractivity contribution < 1.29 is 9.59 Å². The molecule has 4 heteroatoms. The van der Waals surface area contributed by atoms with Crippen LogP contribution < -0.4 is 5.32 Å². The number of amides is 1. The van der Waals surface area contributed by atoms with E-state index in [9.17, 15) is 9.59 Å². The summed E-state index contributed by atoms with van der Waals surface area (Å²) in [5.41, 5.74) is 1.91. The van der Waals surface area contributed by atoms with Gasteiger partial charge in [0, 0.05) is 4.47 Å². The first-order valence-electron chi connectivity index (χ1n) is 3.75. The van der Waals surface area contributed by atoms with Crippen molar-refractivity contribution >= 4 is 33.3 Å². The number of benzene rings is 1. The number of nitrogens with one attached hydrogen (secondary N) is 1. The Morgan fingerprint density at radius 1 is 1.31 bits per heavy atom. The van der Waals surface area contributed by atoms with Gasteiger partial charge in [-0.25, -0.2) is 0 Å². The lowest BCUT2D eigenvalue weighted by Crippen LogP contribution is -2.12. The third-order valence-corrected chi connectivity index (χ3v) is 2.44. The summed E-state index contributed by atoms with van der Waals surface area (Å²) < 4.78 is 0.860. The number of halogens is 1. The number of ketones is 1. The zero-order valence-electron chi connectivity index (χ0n) is 6.85. The van der Waals surface area contributed by atoms with Gasteiger partial charge >= 0.3 is 0 Å². The van der Waals surface area contributed by atoms with Crippen LogP contribution in [0.2, 0.25) is 0 Å². The molecule has 1 heterocycles. The fourth-order valence-electron chi connectivity index (χ4n) is 1.44. The Labute approximate surface area is 83.3 Å². The van der Waals surface area contributed by atoms with Crippen LogP contribution in [0, 0.1) is 6.92 Å². The lowest BCUT2D eigenvalue weighted by atomic mass is 10.1. The average Bonchev–Trinajstić information content (AvgIpc) is 2.27. The van der Waals surface area contributed by atoms with Crippen LogP contribution in [0.1, 0.15) is 15.9 Å². The molecule has 2 rings (SSSR count). The van der Waals surface area contributed by atoms with Gasteiger partial charge in [-0.1, -0.05) is 15.9 Å². The molecule has 0 radical (unpaired) electrons. The molecule has 1 aliphatic rings. The highest BCUT2D eigenvalue weighted by Gasteiger charge is 2.29. The number of anilines is 1. The third-order valence-electron chi connectivity index (χ3n) is 1.98. The highest BCUT2D eigenvalue weighted by molar-refractivity contribution is 9.10. The van der Waals surface area contributed by atoms with Crippen molar-refractivity contribution in [1.82, 2.24) is 0 Å². The maximum atomic E-state index is 11.3. The minimum Gasteiger partial charge on any atom is -0.318 e. The van der Waals surface area contributed by atoms with Crippen molar-refractivity contribution in [3.63, 3.8) is 0 Å². The summed E-state index contributed by atoms with van der Waals surface area (Å²) in [5.74, 6) is -0.990. The second-order valence-corrected chi connectivity index (χ2v) is 3.84. The van der Waals surface area contributed by atoms with E-state index < -0.39 is 11.7 Å². The van der Waals surface area contributed by atoms with Crippen molar-refractivity contribution in [2.45, 2.75) is 6.92 Å². The molecule has 0 unspecified atom stereocenters. The molecule has 13 heavy (non-hydrogen) atoms. The summed E-state index contributed by atoms with van der Waals surface area (Å²) in [7, 11) is 0. The number of hydrogen-bond acceptors (Lipinski definition) is 2. The molecule has 1 N–H and O–H groups in total. The van der Waals surface area contributed by atoms with Crippen LogP contribution >= 0.6 is 15.9 Å². The molecule has 0 saturated carbocycles. The summed E-state index contributed by atoms with van der Waals surface area (Å²) >= 11 is 3.29. The molecule has 0 aliphatic carbocycles. The van der Waals surface area contributed by atoms with E-state index in [0.717, 1.165) is 10.0 Å². The number of fused-ring (bicyclic) bond motifs is 1. The second-order valence-electron chi connectivity index (χ2n) is 2.93. The molecule has 1 aromatic carbocycles. The van der Waals surface area contributed by atoms with E-state index in [2.05, 4.69) is 21.2 Å². The normalized spacial score (nSPS) is 14.3. The van der Waals surface area contributed by atoms with Gasteiger partial charge < -0.3 is 5.32 Å². The van der Waals surface area contributed by atoms with Gasteiger partial charge in [0.1, 0.15) is 0 Å². The molecule has 0 spiro atoms. The smallest absolute Gasteiger partial charge is 0.296 e. The number of rotatable bonds is 0. The standard InChI is InChI=1S/C9H6BrNO2/c1-4-2-5(10)3-6-7(4)8(12)9(13)11-6/h2-3H,1H3,(H,11,12,13). The van der Waals surface area contributed by atoms with Crippen molar-refractivity contribution in [2.24, 2.45) is 0 Å². The second kappa shape index (κ2) is 2.67. The minimum absolute atomic E-state index is 0.444. The Hall–Kier alpha value is -1.16. The van der Waals surface area contributed by atoms with Crippen LogP contribution in [-0.2, 0) is 4.79 Å². The maximum absolute atomic E-state index is 11.3. The Kier molecular flexibility index (Phi) is 1.73. The Morgan fingerprint density at radius 2 is 2.00 bits per heavy atom. The first-order chi connectivity index (χ1) is 6.09. The van der Waals surface area contributed by atoms with Gasteiger partial charge in [0.05, 0.1) is 11.3 Å². The van der Waals surface area contributed by atoms with Crippen LogP contribution in [0.4, 0.5) is 5.69 Å². The minimum atomic E-state index is -0.545. The SMILES string of the molecule is Cc1cc(Br)cc2c1C(=O)C(=O)N2. The molecule has 0 fully saturated rings. The molecular weight excluding hydrogens is 234 g/mol. The van der Waals surface area contributed by atoms with Crippen molar-refractivity contribution in [3.05, 3.63) is 27.7 Å². The first-order valence-corrected chi connectivity index (χ1v) is 4.54. The van der Waals surface area contributed by atoms with Gasteiger partial charge in [-0.2, -0.15) is 0 Å². The van der Waals surface area contributed by atoms with E-state index in [1.165, 1.54) is 0 Å². The van der Waals surface area contributed by atoms with Gasteiger partial charge in [-0.05, 0) is 24.6 Å². The Bertz CT molecular complexity index is 426. The summed E-state index contributed by atoms with van der Waals surface area (Å²) in [6, 6.07) is 3.54. The van der Waals surface area contributed by atoms with Crippen LogP contribution in [0.5, 0.6) is 0 Å². The van der Waals surface area contributed by atoms with Crippen molar-refractivity contribution in [1.29, 1.82) is 0 Å². The quantitative estimate of drug-likeness (QED) is 0.704. The first kappa shape index (κ1) is 8.44. The third kappa shape index (κ3) is 1.18. The highest BCUT2D eigenvalue weighted by Crippen LogP contribution is 2.29. The Morgan fingerprint density at radius 3 is 2.69 bits per heavy atom. The summed E-state index contributed by atoms with van der Waals surface area (Å²) in [4.78, 5) is 22.3. The lowest BCUT2D eigenvalue weighted by Gasteiger charge is -2.01. The molecule has 3 nitrogen and oxygen atoms in total. The zero-order valence-corrected chi connectivity index (χ0v) is 8.44. The van der Waals surface area contributed by atoms with Gasteiger partial charge in [-0.15, -0.1) is 0 Å². The van der Waals surface area contributed by atoms with Crippen LogP contribution in [0.25, 0.3) is 0 Å². The van der Waals surface area contributed by atoms with Gasteiger partial charge in [0.25, 0.3) is 11.7 Å². The lowest BCUT2D eigenvalue weighted by molar-refractivity contribution is -0.112. The predicted molar refractivity (Wildman–Crippen MR) is 51.8 cm³/mol. The number of carbonyl (C=O) groups excluding carboxylic acids is 2. The molecule has 0 saturated heterocycles. The topological polar surface area (TPSA) is 46.2 Å². The van der Waals surface area contributed by atoms with Crippen LogP contribution in [-0.4, -0.2) is 11.7 Å². The summed E-state index contributed by atoms with van der Waals surface area (Å²) in [6.07, 6.45) is 0. The molecule has 1 aromatic rings. The number of hydrogen-bond donors (Lipinski definition) is 1. The van der Waals surface area contributed by atoms with Crippen LogP contribution in [0.3, 0.4) is 0 Å². The molecule has 0 aromatic heterocycles. The van der Waals surface area contributed by atoms with E-state index in [4.69, 9.17) is 0 Å². The van der Waals surface area contributed by atoms with Gasteiger partial charge in [-0.3, -0.25) is 9.59 Å². The van der Waals surface area contributed by atoms with Crippen molar-refractivity contribution in [2.75, 3.05) is 5.32 Å². The molecule has 1 aliphatic heterocycles. The molecule has 66 valence electrons. The zero-order chi connectivity index (χ0) is 9.59. The Balaban J connectivity index is 2.71. The number of carbonyl (C=O) groups is 2. The number of Topliss-reactive ketones (excluding diaryl/α,β-unsaturated/α-hetero) is 1. The summed E-state index contributed by atoms with van der Waals surface area (Å²) in [5, 5.41) is 2.51. The van der Waals surface area contributed by atoms with E-state index >= 15 is 0 Å². The molecule has 0 atom stereocenters. The maximum Gasteiger partial charge on any atom is 0.296 e. The average molecular weight is 240 g/mol. The number of aryl methyl sites for hydroxylation is 1. The molecular formula is C9H6BrNO2. The van der Waals surface area contributed by atoms with E-state index in [0.29, 0.717) is 11.3 Å². The fraction of sp³-hybridized carbons (Fsp3) is 0.111. The van der Waals surface area contributed by atoms with E-state index in [-0.39, 0.29) is 0 Å². The summed E-state index contributed by atoms with van der Waals surface area (Å²) in [6.45, 7) is 1.81. The van der Waals surface area contributed by atoms with Crippen molar-refractivity contribution in [3.8, 4) is 0 Å². The van der Waals surface area contributed by atoms with E-state index in [1.807, 2.05) is 13.0 Å². The van der Waals surface area contributed by atoms with Gasteiger partial charge in [0.2, 0.25) is 0 Å². The predicted octanol–water partition coefficient (Wildman–Crippen LogP) is 1.89. The fourth-order valence-corrected chi connectivity index (χ4v) is 2.01. The largest absolute Gasteiger partial charge is 0.318 e. The molecule has 0 bridgehead atoms. The van der Waals surface area contributed by atoms with E-state index in [1.54, 1.807) is 6.07 Å².